The number of rotatable bonds is 4. The second-order valence-corrected chi connectivity index (χ2v) is 7.42. The first-order valence-corrected chi connectivity index (χ1v) is 9.84. The number of anilines is 1. The molecule has 0 aliphatic carbocycles. The largest absolute Gasteiger partial charge is 0.375 e. The Hall–Kier alpha value is -2.75. The van der Waals surface area contributed by atoms with E-state index < -0.39 is 0 Å². The summed E-state index contributed by atoms with van der Waals surface area (Å²) in [4.78, 5) is 20.4. The number of para-hydroxylation sites is 1. The lowest BCUT2D eigenvalue weighted by molar-refractivity contribution is 0.0713. The summed E-state index contributed by atoms with van der Waals surface area (Å²) < 4.78 is 0. The molecule has 0 atom stereocenters. The highest BCUT2D eigenvalue weighted by Gasteiger charge is 2.26. The van der Waals surface area contributed by atoms with Gasteiger partial charge in [-0.3, -0.25) is 4.79 Å². The fourth-order valence-corrected chi connectivity index (χ4v) is 4.05. The Balaban J connectivity index is 1.42. The lowest BCUT2D eigenvalue weighted by atomic mass is 9.89. The fourth-order valence-electron chi connectivity index (χ4n) is 4.05. The van der Waals surface area contributed by atoms with Crippen molar-refractivity contribution >= 4 is 22.5 Å². The zero-order valence-electron chi connectivity index (χ0n) is 16.1. The minimum atomic E-state index is 0.151. The number of carbonyl (C=O) groups excluding carboxylic acids is 1. The van der Waals surface area contributed by atoms with Crippen molar-refractivity contribution in [2.24, 2.45) is 0 Å². The van der Waals surface area contributed by atoms with Crippen LogP contribution in [0.5, 0.6) is 0 Å². The number of aromatic nitrogens is 1. The molecule has 0 spiro atoms. The maximum absolute atomic E-state index is 12.9. The van der Waals surface area contributed by atoms with Crippen LogP contribution in [0.25, 0.3) is 10.9 Å². The van der Waals surface area contributed by atoms with Gasteiger partial charge in [0.05, 0.1) is 0 Å². The lowest BCUT2D eigenvalue weighted by Crippen LogP contribution is -2.37. The third-order valence-corrected chi connectivity index (χ3v) is 5.87. The summed E-state index contributed by atoms with van der Waals surface area (Å²) >= 11 is 0. The molecule has 0 radical (unpaired) electrons. The van der Waals surface area contributed by atoms with Gasteiger partial charge in [-0.2, -0.15) is 0 Å². The number of benzene rings is 2. The van der Waals surface area contributed by atoms with E-state index in [1.165, 1.54) is 16.5 Å². The van der Waals surface area contributed by atoms with Crippen LogP contribution < -0.4 is 4.90 Å². The summed E-state index contributed by atoms with van der Waals surface area (Å²) in [6, 6.07) is 16.5. The summed E-state index contributed by atoms with van der Waals surface area (Å²) in [5.74, 6) is 0.670. The minimum absolute atomic E-state index is 0.151. The first-order chi connectivity index (χ1) is 13.2. The van der Waals surface area contributed by atoms with Crippen molar-refractivity contribution in [2.75, 3.05) is 31.6 Å². The highest BCUT2D eigenvalue weighted by Crippen LogP contribution is 2.33. The molecule has 2 aromatic carbocycles. The first-order valence-electron chi connectivity index (χ1n) is 9.84. The van der Waals surface area contributed by atoms with Crippen LogP contribution in [0, 0.1) is 0 Å². The van der Waals surface area contributed by atoms with Crippen LogP contribution in [0.15, 0.2) is 54.7 Å². The first kappa shape index (κ1) is 17.7. The van der Waals surface area contributed by atoms with Crippen LogP contribution in [0.3, 0.4) is 0 Å². The summed E-state index contributed by atoms with van der Waals surface area (Å²) in [6.07, 6.45) is 4.18. The number of aromatic amines is 1. The van der Waals surface area contributed by atoms with Crippen molar-refractivity contribution in [1.29, 1.82) is 0 Å². The number of carbonyl (C=O) groups is 1. The van der Waals surface area contributed by atoms with E-state index in [1.807, 2.05) is 29.2 Å². The topological polar surface area (TPSA) is 39.3 Å². The normalized spacial score (nSPS) is 15.3. The van der Waals surface area contributed by atoms with Crippen LogP contribution in [0.1, 0.15) is 41.6 Å². The number of nitrogens with zero attached hydrogens (tertiary/aromatic N) is 2. The molecule has 1 saturated heterocycles. The fraction of sp³-hybridized carbons (Fsp3) is 0.348. The molecule has 1 fully saturated rings. The van der Waals surface area contributed by atoms with Gasteiger partial charge in [0.1, 0.15) is 0 Å². The van der Waals surface area contributed by atoms with Crippen LogP contribution in [-0.2, 0) is 0 Å². The van der Waals surface area contributed by atoms with Crippen molar-refractivity contribution in [3.63, 3.8) is 0 Å². The third kappa shape index (κ3) is 3.44. The molecule has 0 saturated carbocycles. The summed E-state index contributed by atoms with van der Waals surface area (Å²) in [7, 11) is 2.06. The summed E-state index contributed by atoms with van der Waals surface area (Å²) in [5, 5.41) is 1.32. The smallest absolute Gasteiger partial charge is 0.253 e. The van der Waals surface area contributed by atoms with Crippen molar-refractivity contribution in [2.45, 2.75) is 25.7 Å². The number of hydrogen-bond acceptors (Lipinski definition) is 2. The molecule has 1 aliphatic heterocycles. The van der Waals surface area contributed by atoms with Gasteiger partial charge >= 0.3 is 0 Å². The van der Waals surface area contributed by atoms with Gasteiger partial charge in [-0.1, -0.05) is 18.2 Å². The number of H-pyrrole nitrogens is 1. The molecule has 3 aromatic rings. The van der Waals surface area contributed by atoms with E-state index in [4.69, 9.17) is 0 Å². The highest BCUT2D eigenvalue weighted by molar-refractivity contribution is 5.94. The molecule has 0 bridgehead atoms. The van der Waals surface area contributed by atoms with E-state index in [0.29, 0.717) is 5.92 Å². The van der Waals surface area contributed by atoms with Crippen molar-refractivity contribution < 1.29 is 4.79 Å². The highest BCUT2D eigenvalue weighted by atomic mass is 16.2. The molecule has 1 N–H and O–H groups in total. The van der Waals surface area contributed by atoms with Crippen LogP contribution in [-0.4, -0.2) is 42.5 Å². The van der Waals surface area contributed by atoms with Gasteiger partial charge in [0.25, 0.3) is 5.91 Å². The quantitative estimate of drug-likeness (QED) is 0.735. The Labute approximate surface area is 160 Å². The predicted molar refractivity (Wildman–Crippen MR) is 112 cm³/mol. The van der Waals surface area contributed by atoms with Gasteiger partial charge in [0, 0.05) is 55.0 Å². The van der Waals surface area contributed by atoms with E-state index in [-0.39, 0.29) is 5.91 Å². The third-order valence-electron chi connectivity index (χ3n) is 5.87. The molecule has 1 amide bonds. The summed E-state index contributed by atoms with van der Waals surface area (Å²) in [5.41, 5.74) is 4.52. The van der Waals surface area contributed by atoms with Crippen molar-refractivity contribution in [3.8, 4) is 0 Å². The standard InChI is InChI=1S/C23H27N3O/c1-3-25(2)19-10-8-18(9-11-19)23(27)26-14-12-17(13-15-26)21-16-24-22-7-5-4-6-20(21)22/h4-11,16-17,24H,3,12-15H2,1-2H3. The van der Waals surface area contributed by atoms with Crippen molar-refractivity contribution in [1.82, 2.24) is 9.88 Å². The Kier molecular flexibility index (Phi) is 4.88. The molecule has 2 heterocycles. The molecule has 4 nitrogen and oxygen atoms in total. The zero-order chi connectivity index (χ0) is 18.8. The average Bonchev–Trinajstić information content (AvgIpc) is 3.17. The van der Waals surface area contributed by atoms with Crippen molar-refractivity contribution in [3.05, 3.63) is 65.9 Å². The molecule has 4 heteroatoms. The van der Waals surface area contributed by atoms with Gasteiger partial charge in [-0.05, 0) is 61.6 Å². The lowest BCUT2D eigenvalue weighted by Gasteiger charge is -2.32. The molecule has 0 unspecified atom stereocenters. The number of piperidine rings is 1. The number of nitrogens with one attached hydrogen (secondary N) is 1. The molecular formula is C23H27N3O. The molecular weight excluding hydrogens is 334 g/mol. The van der Waals surface area contributed by atoms with Gasteiger partial charge in [0.2, 0.25) is 0 Å². The molecule has 27 heavy (non-hydrogen) atoms. The van der Waals surface area contributed by atoms with Crippen LogP contribution in [0.4, 0.5) is 5.69 Å². The molecule has 4 rings (SSSR count). The van der Waals surface area contributed by atoms with Gasteiger partial charge in [-0.25, -0.2) is 0 Å². The number of fused-ring (bicyclic) bond motifs is 1. The Morgan fingerprint density at radius 3 is 2.52 bits per heavy atom. The summed E-state index contributed by atoms with van der Waals surface area (Å²) in [6.45, 7) is 4.71. The number of amides is 1. The van der Waals surface area contributed by atoms with Gasteiger partial charge in [-0.15, -0.1) is 0 Å². The predicted octanol–water partition coefficient (Wildman–Crippen LogP) is 4.64. The second-order valence-electron chi connectivity index (χ2n) is 7.42. The van der Waals surface area contributed by atoms with Gasteiger partial charge < -0.3 is 14.8 Å². The zero-order valence-corrected chi connectivity index (χ0v) is 16.1. The van der Waals surface area contributed by atoms with E-state index in [9.17, 15) is 4.79 Å². The van der Waals surface area contributed by atoms with E-state index in [0.717, 1.165) is 43.7 Å². The van der Waals surface area contributed by atoms with Gasteiger partial charge in [0.15, 0.2) is 0 Å². The SMILES string of the molecule is CCN(C)c1ccc(C(=O)N2CCC(c3c[nH]c4ccccc34)CC2)cc1. The maximum atomic E-state index is 12.9. The number of hydrogen-bond donors (Lipinski definition) is 1. The molecule has 1 aliphatic rings. The molecule has 1 aromatic heterocycles. The Morgan fingerprint density at radius 1 is 1.11 bits per heavy atom. The second kappa shape index (κ2) is 7.47. The minimum Gasteiger partial charge on any atom is -0.375 e. The number of likely N-dealkylation sites (tertiary alicyclic amines) is 1. The molecule has 140 valence electrons. The van der Waals surface area contributed by atoms with E-state index >= 15 is 0 Å². The Bertz CT molecular complexity index is 920. The van der Waals surface area contributed by atoms with E-state index in [1.54, 1.807) is 0 Å². The monoisotopic (exact) mass is 361 g/mol. The van der Waals surface area contributed by atoms with Crippen LogP contribution >= 0.6 is 0 Å². The van der Waals surface area contributed by atoms with E-state index in [2.05, 4.69) is 54.3 Å². The maximum Gasteiger partial charge on any atom is 0.253 e. The average molecular weight is 361 g/mol. The van der Waals surface area contributed by atoms with Crippen LogP contribution in [0.2, 0.25) is 0 Å². The Morgan fingerprint density at radius 2 is 1.81 bits per heavy atom.